The maximum atomic E-state index is 14.3. The molecule has 0 aliphatic heterocycles. The number of hydrogen-bond donors (Lipinski definition) is 2. The van der Waals surface area contributed by atoms with Crippen molar-refractivity contribution in [3.63, 3.8) is 0 Å². The Morgan fingerprint density at radius 2 is 1.61 bits per heavy atom. The van der Waals surface area contributed by atoms with Gasteiger partial charge in [-0.1, -0.05) is 0 Å². The number of amides is 2. The van der Waals surface area contributed by atoms with Crippen molar-refractivity contribution in [3.05, 3.63) is 59.2 Å². The Hall–Kier alpha value is -2.55. The van der Waals surface area contributed by atoms with Crippen LogP contribution in [0.3, 0.4) is 0 Å². The normalized spacial score (nSPS) is 18.5. The van der Waals surface area contributed by atoms with Crippen molar-refractivity contribution in [3.8, 4) is 0 Å². The van der Waals surface area contributed by atoms with Gasteiger partial charge in [-0.2, -0.15) is 0 Å². The summed E-state index contributed by atoms with van der Waals surface area (Å²) in [6.07, 6.45) is 2.92. The summed E-state index contributed by atoms with van der Waals surface area (Å²) >= 11 is 1.31. The Labute approximate surface area is 181 Å². The third-order valence-corrected chi connectivity index (χ3v) is 6.50. The summed E-state index contributed by atoms with van der Waals surface area (Å²) < 4.78 is 54.1. The van der Waals surface area contributed by atoms with E-state index in [1.807, 2.05) is 6.92 Å². The SMILES string of the molecule is CCNC(=O)C1CCC(Sc2cc(C(=O)Nc3cc(F)c(F)c(F)c3)ccc2F)CC1. The average Bonchev–Trinajstić information content (AvgIpc) is 2.74. The lowest BCUT2D eigenvalue weighted by molar-refractivity contribution is -0.125. The predicted molar refractivity (Wildman–Crippen MR) is 111 cm³/mol. The van der Waals surface area contributed by atoms with Gasteiger partial charge in [-0.25, -0.2) is 17.6 Å². The van der Waals surface area contributed by atoms with E-state index in [4.69, 9.17) is 0 Å². The molecule has 1 saturated carbocycles. The monoisotopic (exact) mass is 454 g/mol. The molecule has 4 nitrogen and oxygen atoms in total. The molecule has 0 aromatic heterocycles. The lowest BCUT2D eigenvalue weighted by Gasteiger charge is -2.27. The highest BCUT2D eigenvalue weighted by atomic mass is 32.2. The van der Waals surface area contributed by atoms with Gasteiger partial charge in [0.2, 0.25) is 5.91 Å². The number of anilines is 1. The van der Waals surface area contributed by atoms with Crippen LogP contribution in [0.4, 0.5) is 23.2 Å². The highest BCUT2D eigenvalue weighted by molar-refractivity contribution is 8.00. The van der Waals surface area contributed by atoms with E-state index < -0.39 is 29.2 Å². The summed E-state index contributed by atoms with van der Waals surface area (Å²) in [5.74, 6) is -5.64. The molecule has 2 N–H and O–H groups in total. The molecule has 2 aromatic rings. The lowest BCUT2D eigenvalue weighted by atomic mass is 9.88. The van der Waals surface area contributed by atoms with Gasteiger partial charge in [-0.05, 0) is 50.8 Å². The van der Waals surface area contributed by atoms with Crippen molar-refractivity contribution in [1.29, 1.82) is 0 Å². The molecule has 2 amide bonds. The van der Waals surface area contributed by atoms with Gasteiger partial charge in [0.1, 0.15) is 5.82 Å². The zero-order chi connectivity index (χ0) is 22.5. The molecule has 0 saturated heterocycles. The van der Waals surface area contributed by atoms with Crippen molar-refractivity contribution in [2.45, 2.75) is 42.8 Å². The molecular formula is C22H22F4N2O2S. The van der Waals surface area contributed by atoms with Crippen molar-refractivity contribution in [2.75, 3.05) is 11.9 Å². The summed E-state index contributed by atoms with van der Waals surface area (Å²) in [5, 5.41) is 5.22. The summed E-state index contributed by atoms with van der Waals surface area (Å²) in [6.45, 7) is 2.46. The molecule has 31 heavy (non-hydrogen) atoms. The van der Waals surface area contributed by atoms with Crippen LogP contribution >= 0.6 is 11.8 Å². The van der Waals surface area contributed by atoms with E-state index in [1.165, 1.54) is 23.9 Å². The summed E-state index contributed by atoms with van der Waals surface area (Å²) in [4.78, 5) is 24.7. The van der Waals surface area contributed by atoms with E-state index in [2.05, 4.69) is 10.6 Å². The standard InChI is InChI=1S/C22H22F4N2O2S/c1-2-27-21(29)12-3-6-15(7-4-12)31-19-9-13(5-8-16(19)23)22(30)28-14-10-17(24)20(26)18(25)11-14/h5,8-12,15H,2-4,6-7H2,1H3,(H,27,29)(H,28,30). The second-order valence-corrected chi connectivity index (χ2v) is 8.68. The molecule has 2 aromatic carbocycles. The maximum Gasteiger partial charge on any atom is 0.255 e. The Kier molecular flexibility index (Phi) is 7.59. The Bertz CT molecular complexity index is 955. The van der Waals surface area contributed by atoms with Crippen LogP contribution in [0.1, 0.15) is 43.0 Å². The van der Waals surface area contributed by atoms with E-state index in [1.54, 1.807) is 0 Å². The Morgan fingerprint density at radius 3 is 2.23 bits per heavy atom. The Morgan fingerprint density at radius 1 is 0.968 bits per heavy atom. The van der Waals surface area contributed by atoms with Gasteiger partial charge in [0.05, 0.1) is 0 Å². The fraction of sp³-hybridized carbons (Fsp3) is 0.364. The van der Waals surface area contributed by atoms with Gasteiger partial charge in [-0.15, -0.1) is 11.8 Å². The summed E-state index contributed by atoms with van der Waals surface area (Å²) in [7, 11) is 0. The first-order valence-corrected chi connectivity index (χ1v) is 10.9. The highest BCUT2D eigenvalue weighted by Crippen LogP contribution is 2.37. The zero-order valence-electron chi connectivity index (χ0n) is 16.8. The number of carbonyl (C=O) groups is 2. The predicted octanol–water partition coefficient (Wildman–Crippen LogP) is 5.28. The third-order valence-electron chi connectivity index (χ3n) is 5.12. The van der Waals surface area contributed by atoms with Gasteiger partial charge in [0.25, 0.3) is 5.91 Å². The molecule has 0 radical (unpaired) electrons. The van der Waals surface area contributed by atoms with Crippen LogP contribution in [0.2, 0.25) is 0 Å². The molecule has 9 heteroatoms. The van der Waals surface area contributed by atoms with Crippen LogP contribution in [0, 0.1) is 29.2 Å². The molecule has 0 atom stereocenters. The fourth-order valence-corrected chi connectivity index (χ4v) is 4.75. The molecule has 1 aliphatic carbocycles. The van der Waals surface area contributed by atoms with E-state index in [0.717, 1.165) is 18.9 Å². The molecule has 0 heterocycles. The van der Waals surface area contributed by atoms with Gasteiger partial charge in [-0.3, -0.25) is 9.59 Å². The minimum absolute atomic E-state index is 0.0322. The maximum absolute atomic E-state index is 14.3. The average molecular weight is 454 g/mol. The van der Waals surface area contributed by atoms with E-state index >= 15 is 0 Å². The van der Waals surface area contributed by atoms with Gasteiger partial charge in [0, 0.05) is 46.0 Å². The number of thioether (sulfide) groups is 1. The van der Waals surface area contributed by atoms with Crippen LogP contribution in [0.15, 0.2) is 35.2 Å². The van der Waals surface area contributed by atoms with Crippen LogP contribution in [-0.2, 0) is 4.79 Å². The summed E-state index contributed by atoms with van der Waals surface area (Å²) in [6, 6.07) is 5.13. The first-order valence-electron chi connectivity index (χ1n) is 9.98. The van der Waals surface area contributed by atoms with Crippen molar-refractivity contribution < 1.29 is 27.2 Å². The largest absolute Gasteiger partial charge is 0.356 e. The number of halogens is 4. The number of nitrogens with one attached hydrogen (secondary N) is 2. The number of rotatable bonds is 6. The lowest BCUT2D eigenvalue weighted by Crippen LogP contribution is -2.33. The molecule has 1 aliphatic rings. The van der Waals surface area contributed by atoms with Crippen molar-refractivity contribution in [1.82, 2.24) is 5.32 Å². The van der Waals surface area contributed by atoms with Gasteiger partial charge in [0.15, 0.2) is 17.5 Å². The summed E-state index contributed by atoms with van der Waals surface area (Å²) in [5.41, 5.74) is -0.145. The number of benzene rings is 2. The second kappa shape index (κ2) is 10.2. The first kappa shape index (κ1) is 23.1. The van der Waals surface area contributed by atoms with E-state index in [-0.39, 0.29) is 33.2 Å². The molecule has 0 spiro atoms. The minimum Gasteiger partial charge on any atom is -0.356 e. The first-order chi connectivity index (χ1) is 14.8. The van der Waals surface area contributed by atoms with Gasteiger partial charge >= 0.3 is 0 Å². The van der Waals surface area contributed by atoms with E-state index in [0.29, 0.717) is 31.5 Å². The Balaban J connectivity index is 1.65. The molecule has 1 fully saturated rings. The number of carbonyl (C=O) groups excluding carboxylic acids is 2. The quantitative estimate of drug-likeness (QED) is 0.461. The van der Waals surface area contributed by atoms with Crippen LogP contribution < -0.4 is 10.6 Å². The fourth-order valence-electron chi connectivity index (χ4n) is 3.51. The smallest absolute Gasteiger partial charge is 0.255 e. The van der Waals surface area contributed by atoms with Crippen molar-refractivity contribution in [2.24, 2.45) is 5.92 Å². The topological polar surface area (TPSA) is 58.2 Å². The van der Waals surface area contributed by atoms with Crippen LogP contribution in [0.5, 0.6) is 0 Å². The van der Waals surface area contributed by atoms with E-state index in [9.17, 15) is 27.2 Å². The second-order valence-electron chi connectivity index (χ2n) is 7.34. The number of hydrogen-bond acceptors (Lipinski definition) is 3. The molecule has 0 unspecified atom stereocenters. The van der Waals surface area contributed by atoms with Crippen LogP contribution in [0.25, 0.3) is 0 Å². The third kappa shape index (κ3) is 5.78. The molecule has 3 rings (SSSR count). The minimum atomic E-state index is -1.62. The van der Waals surface area contributed by atoms with Crippen molar-refractivity contribution >= 4 is 29.3 Å². The highest BCUT2D eigenvalue weighted by Gasteiger charge is 2.27. The molecule has 0 bridgehead atoms. The molecular weight excluding hydrogens is 432 g/mol. The van der Waals surface area contributed by atoms with Gasteiger partial charge < -0.3 is 10.6 Å². The van der Waals surface area contributed by atoms with Crippen LogP contribution in [-0.4, -0.2) is 23.6 Å². The molecule has 166 valence electrons. The zero-order valence-corrected chi connectivity index (χ0v) is 17.6.